The number of aryl methyl sites for hydroxylation is 2. The molecule has 172 valence electrons. The minimum atomic E-state index is -3.73. The van der Waals surface area contributed by atoms with Crippen molar-refractivity contribution < 1.29 is 22.0 Å². The summed E-state index contributed by atoms with van der Waals surface area (Å²) in [5, 5.41) is 6.85. The van der Waals surface area contributed by atoms with Crippen LogP contribution in [0.3, 0.4) is 0 Å². The van der Waals surface area contributed by atoms with Gasteiger partial charge in [-0.3, -0.25) is 4.79 Å². The lowest BCUT2D eigenvalue weighted by atomic mass is 10.2. The van der Waals surface area contributed by atoms with Gasteiger partial charge in [-0.2, -0.15) is 9.40 Å². The lowest BCUT2D eigenvalue weighted by Crippen LogP contribution is -2.30. The minimum absolute atomic E-state index is 0.0147. The predicted molar refractivity (Wildman–Crippen MR) is 116 cm³/mol. The van der Waals surface area contributed by atoms with E-state index in [-0.39, 0.29) is 22.7 Å². The number of hydrogen-bond donors (Lipinski definition) is 1. The Hall–Kier alpha value is -3.05. The zero-order valence-corrected chi connectivity index (χ0v) is 19.1. The first-order valence-electron chi connectivity index (χ1n) is 10.0. The molecule has 8 nitrogen and oxygen atoms in total. The number of halogens is 2. The van der Waals surface area contributed by atoms with Gasteiger partial charge in [0.15, 0.2) is 0 Å². The van der Waals surface area contributed by atoms with E-state index in [1.165, 1.54) is 32.0 Å². The van der Waals surface area contributed by atoms with Gasteiger partial charge in [0.1, 0.15) is 28.0 Å². The van der Waals surface area contributed by atoms with Crippen LogP contribution >= 0.6 is 0 Å². The van der Waals surface area contributed by atoms with Crippen molar-refractivity contribution in [1.29, 1.82) is 0 Å². The molecule has 0 saturated carbocycles. The van der Waals surface area contributed by atoms with E-state index in [1.54, 1.807) is 27.8 Å². The second-order valence-corrected chi connectivity index (χ2v) is 9.22. The Bertz CT molecular complexity index is 1250. The second-order valence-electron chi connectivity index (χ2n) is 7.28. The Morgan fingerprint density at radius 1 is 1.19 bits per heavy atom. The molecule has 0 saturated heterocycles. The van der Waals surface area contributed by atoms with Crippen LogP contribution in [0, 0.1) is 18.6 Å². The van der Waals surface area contributed by atoms with Gasteiger partial charge < -0.3 is 9.88 Å². The topological polar surface area (TPSA) is 89.2 Å². The monoisotopic (exact) mass is 465 g/mol. The zero-order chi connectivity index (χ0) is 23.6. The Balaban J connectivity index is 1.88. The maximum absolute atomic E-state index is 14.1. The number of nitrogens with one attached hydrogen (secondary N) is 1. The number of benzene rings is 1. The van der Waals surface area contributed by atoms with E-state index in [2.05, 4.69) is 10.4 Å². The van der Waals surface area contributed by atoms with Crippen LogP contribution in [0.15, 0.2) is 41.6 Å². The first-order valence-corrected chi connectivity index (χ1v) is 11.5. The predicted octanol–water partition coefficient (Wildman–Crippen LogP) is 3.14. The SMILES string of the molecule is CCN(CC)S(=O)(=O)c1cc(C(=O)Nc2c(C)cnn2Cc2cc(F)ccc2F)n(C)c1. The molecule has 1 aromatic carbocycles. The average molecular weight is 466 g/mol. The van der Waals surface area contributed by atoms with Gasteiger partial charge in [0.25, 0.3) is 5.91 Å². The Morgan fingerprint density at radius 2 is 1.88 bits per heavy atom. The third-order valence-corrected chi connectivity index (χ3v) is 7.15. The summed E-state index contributed by atoms with van der Waals surface area (Å²) >= 11 is 0. The fraction of sp³-hybridized carbons (Fsp3) is 0.333. The first-order chi connectivity index (χ1) is 15.1. The van der Waals surface area contributed by atoms with E-state index in [9.17, 15) is 22.0 Å². The maximum atomic E-state index is 14.1. The van der Waals surface area contributed by atoms with Crippen molar-refractivity contribution >= 4 is 21.7 Å². The molecule has 0 aliphatic heterocycles. The number of aromatic nitrogens is 3. The molecule has 0 atom stereocenters. The summed E-state index contributed by atoms with van der Waals surface area (Å²) in [5.74, 6) is -1.43. The van der Waals surface area contributed by atoms with Crippen LogP contribution < -0.4 is 5.32 Å². The van der Waals surface area contributed by atoms with Crippen LogP contribution in [0.1, 0.15) is 35.5 Å². The van der Waals surface area contributed by atoms with E-state index >= 15 is 0 Å². The third-order valence-electron chi connectivity index (χ3n) is 5.14. The zero-order valence-electron chi connectivity index (χ0n) is 18.3. The molecule has 11 heteroatoms. The lowest BCUT2D eigenvalue weighted by Gasteiger charge is -2.17. The highest BCUT2D eigenvalue weighted by Gasteiger charge is 2.26. The molecule has 2 aromatic heterocycles. The van der Waals surface area contributed by atoms with Crippen molar-refractivity contribution in [2.75, 3.05) is 18.4 Å². The van der Waals surface area contributed by atoms with E-state index in [4.69, 9.17) is 0 Å². The molecule has 0 radical (unpaired) electrons. The fourth-order valence-electron chi connectivity index (χ4n) is 3.37. The number of nitrogens with zero attached hydrogens (tertiary/aromatic N) is 4. The van der Waals surface area contributed by atoms with Gasteiger partial charge in [-0.05, 0) is 31.2 Å². The molecule has 2 heterocycles. The molecule has 0 fully saturated rings. The van der Waals surface area contributed by atoms with Crippen molar-refractivity contribution in [2.45, 2.75) is 32.2 Å². The van der Waals surface area contributed by atoms with Gasteiger partial charge in [-0.15, -0.1) is 0 Å². The number of amides is 1. The summed E-state index contributed by atoms with van der Waals surface area (Å²) in [6, 6.07) is 4.43. The smallest absolute Gasteiger partial charge is 0.273 e. The van der Waals surface area contributed by atoms with Crippen LogP contribution in [0.2, 0.25) is 0 Å². The Labute approximate surface area is 185 Å². The van der Waals surface area contributed by atoms with Gasteiger partial charge in [0.05, 0.1) is 12.7 Å². The number of carbonyl (C=O) groups excluding carboxylic acids is 1. The number of carbonyl (C=O) groups is 1. The number of sulfonamides is 1. The average Bonchev–Trinajstić information content (AvgIpc) is 3.29. The van der Waals surface area contributed by atoms with Crippen molar-refractivity contribution in [3.8, 4) is 0 Å². The van der Waals surface area contributed by atoms with E-state index in [0.717, 1.165) is 18.2 Å². The summed E-state index contributed by atoms with van der Waals surface area (Å²) in [5.41, 5.74) is 0.815. The molecule has 0 aliphatic rings. The summed E-state index contributed by atoms with van der Waals surface area (Å²) < 4.78 is 57.2. The van der Waals surface area contributed by atoms with Gasteiger partial charge >= 0.3 is 0 Å². The first kappa shape index (κ1) is 23.6. The fourth-order valence-corrected chi connectivity index (χ4v) is 4.90. The minimum Gasteiger partial charge on any atom is -0.345 e. The van der Waals surface area contributed by atoms with Crippen LogP contribution in [0.5, 0.6) is 0 Å². The Morgan fingerprint density at radius 3 is 2.53 bits per heavy atom. The lowest BCUT2D eigenvalue weighted by molar-refractivity contribution is 0.101. The summed E-state index contributed by atoms with van der Waals surface area (Å²) in [4.78, 5) is 13.0. The van der Waals surface area contributed by atoms with Crippen molar-refractivity contribution in [2.24, 2.45) is 7.05 Å². The summed E-state index contributed by atoms with van der Waals surface area (Å²) in [6.07, 6.45) is 2.88. The van der Waals surface area contributed by atoms with Crippen LogP contribution in [0.25, 0.3) is 0 Å². The number of anilines is 1. The van der Waals surface area contributed by atoms with Crippen molar-refractivity contribution in [1.82, 2.24) is 18.7 Å². The Kier molecular flexibility index (Phi) is 6.79. The van der Waals surface area contributed by atoms with Gasteiger partial charge in [0, 0.05) is 37.5 Å². The van der Waals surface area contributed by atoms with E-state index in [0.29, 0.717) is 24.5 Å². The number of hydrogen-bond acceptors (Lipinski definition) is 4. The molecule has 0 spiro atoms. The molecule has 3 rings (SSSR count). The molecular weight excluding hydrogens is 440 g/mol. The van der Waals surface area contributed by atoms with Crippen molar-refractivity contribution in [3.63, 3.8) is 0 Å². The molecule has 3 aromatic rings. The highest BCUT2D eigenvalue weighted by atomic mass is 32.2. The second kappa shape index (κ2) is 9.21. The molecule has 1 amide bonds. The highest BCUT2D eigenvalue weighted by molar-refractivity contribution is 7.89. The van der Waals surface area contributed by atoms with Crippen LogP contribution in [-0.4, -0.2) is 46.1 Å². The maximum Gasteiger partial charge on any atom is 0.273 e. The molecule has 1 N–H and O–H groups in total. The highest BCUT2D eigenvalue weighted by Crippen LogP contribution is 2.22. The van der Waals surface area contributed by atoms with Gasteiger partial charge in [0.2, 0.25) is 10.0 Å². The third kappa shape index (κ3) is 4.58. The largest absolute Gasteiger partial charge is 0.345 e. The van der Waals surface area contributed by atoms with E-state index in [1.807, 2.05) is 0 Å². The normalized spacial score (nSPS) is 11.8. The molecule has 0 unspecified atom stereocenters. The van der Waals surface area contributed by atoms with E-state index < -0.39 is 27.6 Å². The molecule has 0 aliphatic carbocycles. The quantitative estimate of drug-likeness (QED) is 0.554. The van der Waals surface area contributed by atoms with Gasteiger partial charge in [-0.25, -0.2) is 21.9 Å². The van der Waals surface area contributed by atoms with Crippen LogP contribution in [0.4, 0.5) is 14.6 Å². The number of rotatable bonds is 8. The standard InChI is InChI=1S/C21H25F2N5O3S/c1-5-27(6-2)32(30,31)17-10-19(26(4)13-17)21(29)25-20-14(3)11-24-28(20)12-15-9-16(22)7-8-18(15)23/h7-11,13H,5-6,12H2,1-4H3,(H,25,29). The van der Waals surface area contributed by atoms with Crippen LogP contribution in [-0.2, 0) is 23.6 Å². The summed E-state index contributed by atoms with van der Waals surface area (Å²) in [7, 11) is -2.15. The molecule has 32 heavy (non-hydrogen) atoms. The van der Waals surface area contributed by atoms with Gasteiger partial charge in [-0.1, -0.05) is 13.8 Å². The molecule has 0 bridgehead atoms. The molecular formula is C21H25F2N5O3S. The van der Waals surface area contributed by atoms with Crippen molar-refractivity contribution in [3.05, 3.63) is 65.1 Å². The summed E-state index contributed by atoms with van der Waals surface area (Å²) in [6.45, 7) is 5.71.